The Bertz CT molecular complexity index is 537. The first-order valence-corrected chi connectivity index (χ1v) is 7.31. The minimum Gasteiger partial charge on any atom is -0.311 e. The molecule has 1 aliphatic carbocycles. The molecule has 1 amide bonds. The van der Waals surface area contributed by atoms with E-state index in [0.29, 0.717) is 5.91 Å². The second kappa shape index (κ2) is 3.83. The summed E-state index contributed by atoms with van der Waals surface area (Å²) in [6.45, 7) is 2.84. The molecule has 1 aromatic carbocycles. The maximum Gasteiger partial charge on any atom is 0.239 e. The lowest BCUT2D eigenvalue weighted by Gasteiger charge is -2.23. The molecule has 100 valence electrons. The Kier molecular flexibility index (Phi) is 2.31. The van der Waals surface area contributed by atoms with E-state index >= 15 is 0 Å². The van der Waals surface area contributed by atoms with E-state index in [1.54, 1.807) is 0 Å². The van der Waals surface area contributed by atoms with Gasteiger partial charge in [-0.15, -0.1) is 0 Å². The van der Waals surface area contributed by atoms with Crippen LogP contribution in [0.1, 0.15) is 24.8 Å². The molecule has 4 rings (SSSR count). The lowest BCUT2D eigenvalue weighted by molar-refractivity contribution is -0.122. The molecule has 19 heavy (non-hydrogen) atoms. The Morgan fingerprint density at radius 3 is 2.79 bits per heavy atom. The average Bonchev–Trinajstić information content (AvgIpc) is 3.12. The van der Waals surface area contributed by atoms with Gasteiger partial charge in [-0.1, -0.05) is 18.2 Å². The van der Waals surface area contributed by atoms with Gasteiger partial charge in [-0.2, -0.15) is 0 Å². The summed E-state index contributed by atoms with van der Waals surface area (Å²) in [6, 6.07) is 8.43. The standard InChI is InChI=1S/C16H20N2O/c1-17-9-8-16(11-17)13-4-2-3-5-14(13)18(15(16)19)10-12-6-7-12/h2-5,12H,6-11H2,1H3/t16-/m1/s1. The van der Waals surface area contributed by atoms with E-state index in [1.165, 1.54) is 24.1 Å². The van der Waals surface area contributed by atoms with Crippen LogP contribution in [0.3, 0.4) is 0 Å². The SMILES string of the molecule is CN1CC[C@]2(C1)C(=O)N(CC1CC1)c1ccccc12. The van der Waals surface area contributed by atoms with Gasteiger partial charge < -0.3 is 9.80 Å². The molecule has 1 saturated carbocycles. The Morgan fingerprint density at radius 1 is 1.32 bits per heavy atom. The van der Waals surface area contributed by atoms with Gasteiger partial charge in [0.25, 0.3) is 0 Å². The van der Waals surface area contributed by atoms with Gasteiger partial charge in [0, 0.05) is 18.8 Å². The fraction of sp³-hybridized carbons (Fsp3) is 0.562. The molecular formula is C16H20N2O. The number of carbonyl (C=O) groups is 1. The molecule has 2 aliphatic heterocycles. The predicted octanol–water partition coefficient (Wildman–Crippen LogP) is 2.02. The Balaban J connectivity index is 1.79. The second-order valence-corrected chi connectivity index (χ2v) is 6.45. The summed E-state index contributed by atoms with van der Waals surface area (Å²) in [5, 5.41) is 0. The summed E-state index contributed by atoms with van der Waals surface area (Å²) in [7, 11) is 2.12. The molecule has 2 fully saturated rings. The minimum absolute atomic E-state index is 0.250. The molecule has 3 heteroatoms. The number of hydrogen-bond donors (Lipinski definition) is 0. The van der Waals surface area contributed by atoms with E-state index in [-0.39, 0.29) is 5.41 Å². The quantitative estimate of drug-likeness (QED) is 0.808. The Morgan fingerprint density at radius 2 is 2.11 bits per heavy atom. The van der Waals surface area contributed by atoms with E-state index in [4.69, 9.17) is 0 Å². The minimum atomic E-state index is -0.250. The van der Waals surface area contributed by atoms with Gasteiger partial charge in [-0.3, -0.25) is 4.79 Å². The Labute approximate surface area is 114 Å². The highest BCUT2D eigenvalue weighted by molar-refractivity contribution is 6.08. The van der Waals surface area contributed by atoms with Crippen LogP contribution in [0.5, 0.6) is 0 Å². The number of likely N-dealkylation sites (tertiary alicyclic amines) is 1. The number of anilines is 1. The molecule has 1 aromatic rings. The fourth-order valence-corrected chi connectivity index (χ4v) is 3.73. The van der Waals surface area contributed by atoms with Crippen LogP contribution in [0.4, 0.5) is 5.69 Å². The van der Waals surface area contributed by atoms with Crippen molar-refractivity contribution in [3.63, 3.8) is 0 Å². The third kappa shape index (κ3) is 1.57. The van der Waals surface area contributed by atoms with Crippen LogP contribution in [-0.2, 0) is 10.2 Å². The molecule has 1 atom stereocenters. The van der Waals surface area contributed by atoms with E-state index in [2.05, 4.69) is 41.1 Å². The van der Waals surface area contributed by atoms with Gasteiger partial charge >= 0.3 is 0 Å². The summed E-state index contributed by atoms with van der Waals surface area (Å²) in [5.74, 6) is 1.09. The van der Waals surface area contributed by atoms with Gasteiger partial charge in [0.15, 0.2) is 0 Å². The van der Waals surface area contributed by atoms with Crippen molar-refractivity contribution >= 4 is 11.6 Å². The average molecular weight is 256 g/mol. The van der Waals surface area contributed by atoms with E-state index in [9.17, 15) is 4.79 Å². The van der Waals surface area contributed by atoms with Crippen molar-refractivity contribution in [2.75, 3.05) is 31.6 Å². The molecule has 3 nitrogen and oxygen atoms in total. The summed E-state index contributed by atoms with van der Waals surface area (Å²) in [6.07, 6.45) is 3.55. The summed E-state index contributed by atoms with van der Waals surface area (Å²) in [5.41, 5.74) is 2.19. The van der Waals surface area contributed by atoms with E-state index < -0.39 is 0 Å². The molecule has 2 heterocycles. The summed E-state index contributed by atoms with van der Waals surface area (Å²) < 4.78 is 0. The molecule has 0 bridgehead atoms. The van der Waals surface area contributed by atoms with Crippen molar-refractivity contribution in [3.8, 4) is 0 Å². The number of rotatable bonds is 2. The molecule has 1 saturated heterocycles. The third-order valence-corrected chi connectivity index (χ3v) is 4.96. The normalized spacial score (nSPS) is 30.4. The highest BCUT2D eigenvalue weighted by atomic mass is 16.2. The zero-order valence-electron chi connectivity index (χ0n) is 11.4. The Hall–Kier alpha value is -1.35. The first-order chi connectivity index (χ1) is 9.21. The van der Waals surface area contributed by atoms with Crippen molar-refractivity contribution in [1.82, 2.24) is 4.90 Å². The largest absolute Gasteiger partial charge is 0.311 e. The van der Waals surface area contributed by atoms with Crippen LogP contribution in [0, 0.1) is 5.92 Å². The van der Waals surface area contributed by atoms with Gasteiger partial charge in [0.1, 0.15) is 0 Å². The predicted molar refractivity (Wildman–Crippen MR) is 75.3 cm³/mol. The number of carbonyl (C=O) groups excluding carboxylic acids is 1. The van der Waals surface area contributed by atoms with Crippen molar-refractivity contribution < 1.29 is 4.79 Å². The molecule has 0 radical (unpaired) electrons. The van der Waals surface area contributed by atoms with Crippen molar-refractivity contribution in [1.29, 1.82) is 0 Å². The van der Waals surface area contributed by atoms with Gasteiger partial charge in [-0.05, 0) is 50.4 Å². The maximum absolute atomic E-state index is 13.0. The number of para-hydroxylation sites is 1. The zero-order chi connectivity index (χ0) is 13.0. The smallest absolute Gasteiger partial charge is 0.239 e. The molecule has 3 aliphatic rings. The second-order valence-electron chi connectivity index (χ2n) is 6.45. The first kappa shape index (κ1) is 11.5. The lowest BCUT2D eigenvalue weighted by atomic mass is 9.81. The topological polar surface area (TPSA) is 23.6 Å². The van der Waals surface area contributed by atoms with Gasteiger partial charge in [-0.25, -0.2) is 0 Å². The molecule has 0 N–H and O–H groups in total. The zero-order valence-corrected chi connectivity index (χ0v) is 11.4. The van der Waals surface area contributed by atoms with E-state index in [1.807, 2.05) is 0 Å². The monoisotopic (exact) mass is 256 g/mol. The van der Waals surface area contributed by atoms with Crippen LogP contribution in [0.25, 0.3) is 0 Å². The summed E-state index contributed by atoms with van der Waals surface area (Å²) >= 11 is 0. The number of amides is 1. The molecule has 0 unspecified atom stereocenters. The first-order valence-electron chi connectivity index (χ1n) is 7.31. The number of hydrogen-bond acceptors (Lipinski definition) is 2. The maximum atomic E-state index is 13.0. The van der Waals surface area contributed by atoms with Crippen LogP contribution in [0.2, 0.25) is 0 Å². The number of nitrogens with zero attached hydrogens (tertiary/aromatic N) is 2. The molecule has 0 aromatic heterocycles. The van der Waals surface area contributed by atoms with Crippen molar-refractivity contribution in [2.24, 2.45) is 5.92 Å². The highest BCUT2D eigenvalue weighted by Gasteiger charge is 2.54. The van der Waals surface area contributed by atoms with Crippen LogP contribution in [-0.4, -0.2) is 37.5 Å². The lowest BCUT2D eigenvalue weighted by Crippen LogP contribution is -2.42. The van der Waals surface area contributed by atoms with Crippen molar-refractivity contribution in [3.05, 3.63) is 29.8 Å². The van der Waals surface area contributed by atoms with Crippen molar-refractivity contribution in [2.45, 2.75) is 24.7 Å². The summed E-state index contributed by atoms with van der Waals surface area (Å²) in [4.78, 5) is 17.4. The van der Waals surface area contributed by atoms with Crippen LogP contribution >= 0.6 is 0 Å². The number of likely N-dealkylation sites (N-methyl/N-ethyl adjacent to an activating group) is 1. The molecular weight excluding hydrogens is 236 g/mol. The van der Waals surface area contributed by atoms with Crippen LogP contribution < -0.4 is 4.90 Å². The fourth-order valence-electron chi connectivity index (χ4n) is 3.73. The third-order valence-electron chi connectivity index (χ3n) is 4.96. The van der Waals surface area contributed by atoms with Crippen LogP contribution in [0.15, 0.2) is 24.3 Å². The molecule has 1 spiro atoms. The van der Waals surface area contributed by atoms with E-state index in [0.717, 1.165) is 32.0 Å². The number of benzene rings is 1. The highest BCUT2D eigenvalue weighted by Crippen LogP contribution is 2.48. The number of fused-ring (bicyclic) bond motifs is 2. The van der Waals surface area contributed by atoms with Gasteiger partial charge in [0.2, 0.25) is 5.91 Å². The van der Waals surface area contributed by atoms with Gasteiger partial charge in [0.05, 0.1) is 5.41 Å².